The van der Waals surface area contributed by atoms with Crippen molar-refractivity contribution in [2.45, 2.75) is 64.6 Å². The lowest BCUT2D eigenvalue weighted by molar-refractivity contribution is -0.129. The molecule has 1 amide bonds. The van der Waals surface area contributed by atoms with Gasteiger partial charge < -0.3 is 14.4 Å². The number of aromatic nitrogens is 2. The molecule has 0 saturated carbocycles. The Morgan fingerprint density at radius 1 is 1.40 bits per heavy atom. The Hall–Kier alpha value is -1.73. The van der Waals surface area contributed by atoms with Gasteiger partial charge in [-0.05, 0) is 32.2 Å². The fourth-order valence-electron chi connectivity index (χ4n) is 3.74. The van der Waals surface area contributed by atoms with E-state index in [1.165, 1.54) is 18.4 Å². The quantitative estimate of drug-likeness (QED) is 0.787. The summed E-state index contributed by atoms with van der Waals surface area (Å²) >= 11 is 0. The van der Waals surface area contributed by atoms with Gasteiger partial charge in [0.15, 0.2) is 0 Å². The second kappa shape index (κ2) is 8.10. The van der Waals surface area contributed by atoms with Crippen molar-refractivity contribution < 1.29 is 14.3 Å². The van der Waals surface area contributed by atoms with Crippen LogP contribution in [0.1, 0.15) is 50.8 Å². The van der Waals surface area contributed by atoms with E-state index in [-0.39, 0.29) is 11.9 Å². The molecular formula is C18H28N4O3. The van der Waals surface area contributed by atoms with Gasteiger partial charge in [-0.1, -0.05) is 18.6 Å². The van der Waals surface area contributed by atoms with E-state index in [9.17, 15) is 9.90 Å². The topological polar surface area (TPSA) is 82.7 Å². The largest absolute Gasteiger partial charge is 0.424 e. The van der Waals surface area contributed by atoms with Gasteiger partial charge in [0, 0.05) is 26.4 Å². The first-order valence-electron chi connectivity index (χ1n) is 9.23. The third-order valence-corrected chi connectivity index (χ3v) is 5.16. The van der Waals surface area contributed by atoms with Crippen LogP contribution in [0, 0.1) is 6.92 Å². The fraction of sp³-hybridized carbons (Fsp3) is 0.722. The molecule has 1 aliphatic carbocycles. The summed E-state index contributed by atoms with van der Waals surface area (Å²) in [5, 5.41) is 18.4. The van der Waals surface area contributed by atoms with E-state index in [2.05, 4.69) is 21.2 Å². The van der Waals surface area contributed by atoms with Gasteiger partial charge in [-0.3, -0.25) is 9.69 Å². The first-order valence-corrected chi connectivity index (χ1v) is 9.23. The number of aliphatic hydroxyl groups excluding tert-OH is 1. The number of likely N-dealkylation sites (tertiary alicyclic amines) is 1. The minimum atomic E-state index is -0.548. The third kappa shape index (κ3) is 4.46. The first kappa shape index (κ1) is 18.1. The van der Waals surface area contributed by atoms with Crippen LogP contribution in [-0.4, -0.2) is 62.8 Å². The number of amides is 1. The van der Waals surface area contributed by atoms with E-state index < -0.39 is 6.10 Å². The number of rotatable bonds is 6. The van der Waals surface area contributed by atoms with E-state index in [0.29, 0.717) is 37.8 Å². The summed E-state index contributed by atoms with van der Waals surface area (Å²) in [5.41, 5.74) is 1.25. The smallest absolute Gasteiger partial charge is 0.230 e. The Labute approximate surface area is 148 Å². The molecule has 1 N–H and O–H groups in total. The van der Waals surface area contributed by atoms with Crippen LogP contribution in [0.5, 0.6) is 0 Å². The molecule has 1 saturated heterocycles. The van der Waals surface area contributed by atoms with Crippen molar-refractivity contribution in [3.05, 3.63) is 23.4 Å². The zero-order valence-electron chi connectivity index (χ0n) is 15.1. The summed E-state index contributed by atoms with van der Waals surface area (Å²) in [5.74, 6) is 1.21. The Morgan fingerprint density at radius 2 is 2.24 bits per heavy atom. The number of hydrogen-bond acceptors (Lipinski definition) is 6. The van der Waals surface area contributed by atoms with Crippen LogP contribution in [-0.2, 0) is 11.3 Å². The highest BCUT2D eigenvalue weighted by atomic mass is 16.4. The zero-order chi connectivity index (χ0) is 17.8. The average Bonchev–Trinajstić information content (AvgIpc) is 3.19. The van der Waals surface area contributed by atoms with Crippen LogP contribution in [0.2, 0.25) is 0 Å². The van der Waals surface area contributed by atoms with Crippen LogP contribution in [0.4, 0.5) is 0 Å². The number of carbonyl (C=O) groups is 1. The van der Waals surface area contributed by atoms with Crippen LogP contribution < -0.4 is 0 Å². The van der Waals surface area contributed by atoms with Gasteiger partial charge in [0.2, 0.25) is 17.7 Å². The van der Waals surface area contributed by atoms with Gasteiger partial charge in [0.05, 0.1) is 18.7 Å². The summed E-state index contributed by atoms with van der Waals surface area (Å²) < 4.78 is 5.45. The highest BCUT2D eigenvalue weighted by molar-refractivity contribution is 5.79. The maximum absolute atomic E-state index is 12.6. The number of hydrogen-bond donors (Lipinski definition) is 1. The standard InChI is InChI=1S/C18H28N4O3/c1-3-21(12-17-20-19-13(2)25-17)15-10-22(11-16(15)23)18(24)9-14-7-5-4-6-8-14/h7,15-16,23H,3-6,8-12H2,1-2H3/t15?,16-/m1/s1. The second-order valence-electron chi connectivity index (χ2n) is 7.00. The molecule has 0 radical (unpaired) electrons. The lowest BCUT2D eigenvalue weighted by atomic mass is 9.97. The zero-order valence-corrected chi connectivity index (χ0v) is 15.1. The SMILES string of the molecule is CCN(Cc1nnc(C)o1)C1CN(C(=O)CC2=CCCCC2)C[C@H]1O. The van der Waals surface area contributed by atoms with Crippen molar-refractivity contribution in [2.24, 2.45) is 0 Å². The van der Waals surface area contributed by atoms with Gasteiger partial charge in [-0.2, -0.15) is 0 Å². The molecule has 0 spiro atoms. The van der Waals surface area contributed by atoms with Crippen LogP contribution in [0.3, 0.4) is 0 Å². The Bertz CT molecular complexity index is 628. The average molecular weight is 348 g/mol. The molecule has 3 rings (SSSR count). The van der Waals surface area contributed by atoms with E-state index >= 15 is 0 Å². The molecule has 2 aliphatic rings. The molecule has 1 unspecified atom stereocenters. The van der Waals surface area contributed by atoms with Crippen LogP contribution in [0.25, 0.3) is 0 Å². The minimum absolute atomic E-state index is 0.0958. The highest BCUT2D eigenvalue weighted by Gasteiger charge is 2.37. The highest BCUT2D eigenvalue weighted by Crippen LogP contribution is 2.24. The first-order chi connectivity index (χ1) is 12.1. The molecule has 138 valence electrons. The number of likely N-dealkylation sites (N-methyl/N-ethyl adjacent to an activating group) is 1. The Kier molecular flexibility index (Phi) is 5.86. The number of allylic oxidation sites excluding steroid dienone is 1. The van der Waals surface area contributed by atoms with Crippen molar-refractivity contribution in [3.63, 3.8) is 0 Å². The van der Waals surface area contributed by atoms with Crippen molar-refractivity contribution in [1.29, 1.82) is 0 Å². The van der Waals surface area contributed by atoms with E-state index in [0.717, 1.165) is 19.4 Å². The maximum atomic E-state index is 12.6. The molecule has 1 aliphatic heterocycles. The van der Waals surface area contributed by atoms with Gasteiger partial charge in [-0.15, -0.1) is 10.2 Å². The molecule has 2 atom stereocenters. The summed E-state index contributed by atoms with van der Waals surface area (Å²) in [7, 11) is 0. The van der Waals surface area contributed by atoms with E-state index in [1.54, 1.807) is 11.8 Å². The molecule has 1 aromatic rings. The van der Waals surface area contributed by atoms with Crippen molar-refractivity contribution >= 4 is 5.91 Å². The second-order valence-corrected chi connectivity index (χ2v) is 7.00. The van der Waals surface area contributed by atoms with Gasteiger partial charge in [0.1, 0.15) is 0 Å². The third-order valence-electron chi connectivity index (χ3n) is 5.16. The summed E-state index contributed by atoms with van der Waals surface area (Å²) in [4.78, 5) is 16.5. The summed E-state index contributed by atoms with van der Waals surface area (Å²) in [6.07, 6.45) is 6.67. The maximum Gasteiger partial charge on any atom is 0.230 e. The Balaban J connectivity index is 1.59. The number of aryl methyl sites for hydroxylation is 1. The van der Waals surface area contributed by atoms with Crippen molar-refractivity contribution in [3.8, 4) is 0 Å². The molecule has 1 aromatic heterocycles. The van der Waals surface area contributed by atoms with E-state index in [4.69, 9.17) is 4.42 Å². The van der Waals surface area contributed by atoms with Crippen molar-refractivity contribution in [2.75, 3.05) is 19.6 Å². The molecule has 25 heavy (non-hydrogen) atoms. The van der Waals surface area contributed by atoms with Crippen LogP contribution in [0.15, 0.2) is 16.1 Å². The minimum Gasteiger partial charge on any atom is -0.424 e. The summed E-state index contributed by atoms with van der Waals surface area (Å²) in [6.45, 7) is 5.98. The number of aliphatic hydroxyl groups is 1. The predicted molar refractivity (Wildman–Crippen MR) is 92.7 cm³/mol. The molecule has 7 nitrogen and oxygen atoms in total. The number of carbonyl (C=O) groups excluding carboxylic acids is 1. The molecule has 0 aromatic carbocycles. The number of nitrogens with zero attached hydrogens (tertiary/aromatic N) is 4. The van der Waals surface area contributed by atoms with Gasteiger partial charge in [0.25, 0.3) is 0 Å². The van der Waals surface area contributed by atoms with Gasteiger partial charge >= 0.3 is 0 Å². The number of β-amino-alcohol motifs (C(OH)–C–C–N with tert-alkyl or cyclic N) is 1. The normalized spacial score (nSPS) is 24.0. The molecule has 0 bridgehead atoms. The fourth-order valence-corrected chi connectivity index (χ4v) is 3.74. The molecule has 2 heterocycles. The molecule has 1 fully saturated rings. The lowest BCUT2D eigenvalue weighted by Gasteiger charge is -2.28. The molecular weight excluding hydrogens is 320 g/mol. The molecule has 7 heteroatoms. The Morgan fingerprint density at radius 3 is 2.88 bits per heavy atom. The van der Waals surface area contributed by atoms with Crippen LogP contribution >= 0.6 is 0 Å². The van der Waals surface area contributed by atoms with Gasteiger partial charge in [-0.25, -0.2) is 0 Å². The van der Waals surface area contributed by atoms with Crippen molar-refractivity contribution in [1.82, 2.24) is 20.0 Å². The predicted octanol–water partition coefficient (Wildman–Crippen LogP) is 1.66. The van der Waals surface area contributed by atoms with E-state index in [1.807, 2.05) is 6.92 Å². The lowest BCUT2D eigenvalue weighted by Crippen LogP contribution is -2.43. The summed E-state index contributed by atoms with van der Waals surface area (Å²) in [6, 6.07) is -0.0958. The monoisotopic (exact) mass is 348 g/mol.